The Balaban J connectivity index is 0.000000215. The number of benzene rings is 2. The van der Waals surface area contributed by atoms with Crippen molar-refractivity contribution < 1.29 is 19.7 Å². The molecule has 4 aromatic rings. The Bertz CT molecular complexity index is 1310. The third-order valence-corrected chi connectivity index (χ3v) is 6.02. The monoisotopic (exact) mass is 696 g/mol. The molecule has 4 rings (SSSR count). The average Bonchev–Trinajstić information content (AvgIpc) is 2.91. The molecule has 0 aliphatic rings. The zero-order valence-corrected chi connectivity index (χ0v) is 23.7. The molecule has 0 unspecified atom stereocenters. The summed E-state index contributed by atoms with van der Waals surface area (Å²) >= 11 is 9.35. The fraction of sp³-hybridized carbons (Fsp3) is 0.0833. The minimum Gasteiger partial charge on any atom is -0.503 e. The first-order valence-corrected chi connectivity index (χ1v) is 13.0. The molecule has 0 amide bonds. The largest absolute Gasteiger partial charge is 0.503 e. The number of aromatic nitrogens is 2. The summed E-state index contributed by atoms with van der Waals surface area (Å²) in [6, 6.07) is 25.1. The van der Waals surface area contributed by atoms with Gasteiger partial charge in [0.25, 0.3) is 9.21 Å². The van der Waals surface area contributed by atoms with E-state index in [4.69, 9.17) is 9.84 Å². The van der Waals surface area contributed by atoms with E-state index in [2.05, 4.69) is 69.9 Å². The summed E-state index contributed by atoms with van der Waals surface area (Å²) in [6.07, 6.45) is 0. The molecule has 10 nitrogen and oxygen atoms in total. The van der Waals surface area contributed by atoms with Crippen LogP contribution in [0.25, 0.3) is 0 Å². The van der Waals surface area contributed by atoms with E-state index < -0.39 is 9.85 Å². The summed E-state index contributed by atoms with van der Waals surface area (Å²) in [6.45, 7) is 0.388. The Morgan fingerprint density at radius 2 is 1.22 bits per heavy atom. The van der Waals surface area contributed by atoms with E-state index in [-0.39, 0.29) is 22.0 Å². The number of halogens is 3. The first-order chi connectivity index (χ1) is 17.7. The normalized spacial score (nSPS) is 9.70. The maximum atomic E-state index is 10.5. The maximum absolute atomic E-state index is 10.5. The van der Waals surface area contributed by atoms with Crippen molar-refractivity contribution in [3.8, 4) is 11.5 Å². The van der Waals surface area contributed by atoms with Crippen LogP contribution in [0.15, 0.2) is 94.1 Å². The van der Waals surface area contributed by atoms with E-state index >= 15 is 0 Å². The van der Waals surface area contributed by atoms with Gasteiger partial charge in [-0.15, -0.1) is 0 Å². The number of rotatable bonds is 6. The van der Waals surface area contributed by atoms with Crippen molar-refractivity contribution in [1.82, 2.24) is 9.97 Å². The van der Waals surface area contributed by atoms with Gasteiger partial charge in [-0.3, -0.25) is 0 Å². The number of hydrogen-bond acceptors (Lipinski definition) is 8. The van der Waals surface area contributed by atoms with Crippen LogP contribution in [0.1, 0.15) is 11.1 Å². The van der Waals surface area contributed by atoms with Gasteiger partial charge in [-0.05, 0) is 43.1 Å². The molecular weight excluding hydrogens is 680 g/mol. The highest BCUT2D eigenvalue weighted by Crippen LogP contribution is 2.26. The molecule has 2 aromatic heterocycles. The van der Waals surface area contributed by atoms with E-state index in [0.717, 1.165) is 17.0 Å². The zero-order valence-electron chi connectivity index (χ0n) is 18.9. The van der Waals surface area contributed by atoms with Crippen molar-refractivity contribution >= 4 is 59.4 Å². The van der Waals surface area contributed by atoms with Gasteiger partial charge in [0.05, 0.1) is 0 Å². The number of alkyl halides is 1. The van der Waals surface area contributed by atoms with Crippen LogP contribution >= 0.6 is 47.8 Å². The molecule has 37 heavy (non-hydrogen) atoms. The lowest BCUT2D eigenvalue weighted by Gasteiger charge is -2.05. The van der Waals surface area contributed by atoms with Gasteiger partial charge in [0.1, 0.15) is 6.61 Å². The van der Waals surface area contributed by atoms with Crippen LogP contribution in [0.4, 0.5) is 11.6 Å². The topological polar surface area (TPSA) is 142 Å². The molecule has 0 saturated heterocycles. The van der Waals surface area contributed by atoms with Crippen LogP contribution in [-0.2, 0) is 11.9 Å². The van der Waals surface area contributed by atoms with Crippen LogP contribution in [0.2, 0.25) is 0 Å². The molecule has 192 valence electrons. The predicted molar refractivity (Wildman–Crippen MR) is 149 cm³/mol. The SMILES string of the molecule is BrCc1ccccc1.O=[N+]([O-])c1ccc(O)c(Br)n1.O=[N+]([O-])c1ccc(OCc2ccccc2)c(Br)n1. The Hall–Kier alpha value is -3.42. The Kier molecular flexibility index (Phi) is 12.6. The van der Waals surface area contributed by atoms with Gasteiger partial charge >= 0.3 is 11.6 Å². The molecule has 1 N–H and O–H groups in total. The van der Waals surface area contributed by atoms with Crippen molar-refractivity contribution in [2.75, 3.05) is 0 Å². The number of aromatic hydroxyl groups is 1. The highest BCUT2D eigenvalue weighted by Gasteiger charge is 2.14. The molecule has 0 fully saturated rings. The van der Waals surface area contributed by atoms with Crippen LogP contribution in [0.3, 0.4) is 0 Å². The Labute approximate surface area is 237 Å². The van der Waals surface area contributed by atoms with Gasteiger partial charge in [0, 0.05) is 49.3 Å². The molecule has 0 aliphatic carbocycles. The molecule has 2 aromatic carbocycles. The smallest absolute Gasteiger partial charge is 0.364 e. The average molecular weight is 699 g/mol. The fourth-order valence-electron chi connectivity index (χ4n) is 2.44. The second-order valence-electron chi connectivity index (χ2n) is 6.85. The first kappa shape index (κ1) is 29.8. The van der Waals surface area contributed by atoms with Crippen LogP contribution in [0, 0.1) is 20.2 Å². The lowest BCUT2D eigenvalue weighted by Crippen LogP contribution is -1.98. The van der Waals surface area contributed by atoms with E-state index in [0.29, 0.717) is 17.0 Å². The molecule has 0 spiro atoms. The molecule has 0 bridgehead atoms. The molecule has 0 atom stereocenters. The van der Waals surface area contributed by atoms with Crippen LogP contribution in [0.5, 0.6) is 11.5 Å². The van der Waals surface area contributed by atoms with Gasteiger partial charge < -0.3 is 30.1 Å². The fourth-order valence-corrected chi connectivity index (χ4v) is 3.56. The summed E-state index contributed by atoms with van der Waals surface area (Å²) in [5.41, 5.74) is 2.34. The second-order valence-corrected chi connectivity index (χ2v) is 8.91. The molecule has 2 heterocycles. The van der Waals surface area contributed by atoms with E-state index in [1.54, 1.807) is 0 Å². The standard InChI is InChI=1S/C12H9BrN2O3.C7H7Br.C5H3BrN2O3/c13-12-10(6-7-11(14-12)15(16)17)18-8-9-4-2-1-3-5-9;8-6-7-4-2-1-3-5-7;6-5-3(9)1-2-4(7-5)8(10)11/h1-7H,8H2;1-5H,6H2;1-2,9H. The molecular formula is C24H19Br3N4O6. The van der Waals surface area contributed by atoms with Crippen LogP contribution in [-0.4, -0.2) is 24.9 Å². The van der Waals surface area contributed by atoms with Gasteiger partial charge in [-0.25, -0.2) is 0 Å². The van der Waals surface area contributed by atoms with E-state index in [9.17, 15) is 20.2 Å². The second kappa shape index (κ2) is 15.6. The zero-order chi connectivity index (χ0) is 27.2. The van der Waals surface area contributed by atoms with Gasteiger partial charge in [0.2, 0.25) is 0 Å². The number of hydrogen-bond donors (Lipinski definition) is 1. The van der Waals surface area contributed by atoms with Crippen molar-refractivity contribution in [2.45, 2.75) is 11.9 Å². The summed E-state index contributed by atoms with van der Waals surface area (Å²) in [5.74, 6) is -0.149. The number of nitrogens with zero attached hydrogens (tertiary/aromatic N) is 4. The third kappa shape index (κ3) is 10.6. The lowest BCUT2D eigenvalue weighted by atomic mass is 10.2. The molecule has 13 heteroatoms. The molecule has 0 radical (unpaired) electrons. The van der Waals surface area contributed by atoms with Crippen LogP contribution < -0.4 is 4.74 Å². The third-order valence-electron chi connectivity index (χ3n) is 4.22. The number of ether oxygens (including phenoxy) is 1. The highest BCUT2D eigenvalue weighted by molar-refractivity contribution is 9.10. The van der Waals surface area contributed by atoms with Crippen molar-refractivity contribution in [3.63, 3.8) is 0 Å². The summed E-state index contributed by atoms with van der Waals surface area (Å²) < 4.78 is 5.93. The number of nitro groups is 2. The van der Waals surface area contributed by atoms with Gasteiger partial charge in [0.15, 0.2) is 11.5 Å². The molecule has 0 aliphatic heterocycles. The van der Waals surface area contributed by atoms with Gasteiger partial charge in [-0.2, -0.15) is 0 Å². The highest BCUT2D eigenvalue weighted by atomic mass is 79.9. The summed E-state index contributed by atoms with van der Waals surface area (Å²) in [5, 5.41) is 30.5. The predicted octanol–water partition coefficient (Wildman–Crippen LogP) is 7.37. The minimum absolute atomic E-state index is 0.0756. The van der Waals surface area contributed by atoms with E-state index in [1.807, 2.05) is 48.5 Å². The van der Waals surface area contributed by atoms with Crippen molar-refractivity contribution in [1.29, 1.82) is 0 Å². The summed E-state index contributed by atoms with van der Waals surface area (Å²) in [7, 11) is 0. The Morgan fingerprint density at radius 1 is 0.730 bits per heavy atom. The minimum atomic E-state index is -0.635. The first-order valence-electron chi connectivity index (χ1n) is 10.3. The maximum Gasteiger partial charge on any atom is 0.364 e. The quantitative estimate of drug-likeness (QED) is 0.0952. The van der Waals surface area contributed by atoms with Gasteiger partial charge in [-0.1, -0.05) is 76.6 Å². The Morgan fingerprint density at radius 3 is 1.65 bits per heavy atom. The van der Waals surface area contributed by atoms with E-state index in [1.165, 1.54) is 23.8 Å². The lowest BCUT2D eigenvalue weighted by molar-refractivity contribution is -0.389. The number of pyridine rings is 2. The van der Waals surface area contributed by atoms with Crippen molar-refractivity contribution in [2.24, 2.45) is 0 Å². The van der Waals surface area contributed by atoms with Crippen molar-refractivity contribution in [3.05, 3.63) is 125 Å². The summed E-state index contributed by atoms with van der Waals surface area (Å²) in [4.78, 5) is 26.7. The molecule has 0 saturated carbocycles.